The van der Waals surface area contributed by atoms with Gasteiger partial charge in [0.2, 0.25) is 0 Å². The van der Waals surface area contributed by atoms with Crippen molar-refractivity contribution in [3.05, 3.63) is 149 Å². The predicted molar refractivity (Wildman–Crippen MR) is 534 cm³/mol. The Bertz CT molecular complexity index is 6540. The molecular formula is C99H117BCl2N15O23Si2. The van der Waals surface area contributed by atoms with Gasteiger partial charge < -0.3 is 108 Å². The monoisotopic (exact) mass is 2020 g/mol. The third kappa shape index (κ3) is 26.3. The van der Waals surface area contributed by atoms with Gasteiger partial charge in [-0.3, -0.25) is 14.4 Å². The fourth-order valence-electron chi connectivity index (χ4n) is 14.4. The lowest BCUT2D eigenvalue weighted by atomic mass is 10.1. The molecule has 15 rings (SSSR count). The summed E-state index contributed by atoms with van der Waals surface area (Å²) in [7, 11) is 10.8. The number of amides is 3. The van der Waals surface area contributed by atoms with Gasteiger partial charge in [0.15, 0.2) is 96.6 Å². The first-order valence-corrected chi connectivity index (χ1v) is 51.7. The van der Waals surface area contributed by atoms with Crippen molar-refractivity contribution < 1.29 is 108 Å². The van der Waals surface area contributed by atoms with E-state index in [2.05, 4.69) is 129 Å². The van der Waals surface area contributed by atoms with Gasteiger partial charge in [-0.15, -0.1) is 12.4 Å². The molecule has 0 spiro atoms. The van der Waals surface area contributed by atoms with Crippen molar-refractivity contribution in [1.29, 1.82) is 15.8 Å². The lowest BCUT2D eigenvalue weighted by Gasteiger charge is -2.36. The molecule has 3 aliphatic heterocycles. The van der Waals surface area contributed by atoms with Crippen LogP contribution in [0.3, 0.4) is 0 Å². The van der Waals surface area contributed by atoms with Crippen LogP contribution in [0.4, 0.5) is 0 Å². The van der Waals surface area contributed by atoms with E-state index < -0.39 is 16.6 Å². The molecule has 3 saturated heterocycles. The number of likely N-dealkylation sites (N-methyl/N-ethyl adjacent to an activating group) is 3. The van der Waals surface area contributed by atoms with Crippen LogP contribution in [0, 0.1) is 34.0 Å². The number of carbonyl (C=O) groups excluding carboxylic acids is 3. The molecule has 0 aliphatic carbocycles. The summed E-state index contributed by atoms with van der Waals surface area (Å²) in [5, 5.41) is 47.0. The molecule has 3 aliphatic rings. The molecule has 3 amide bonds. The van der Waals surface area contributed by atoms with Crippen LogP contribution in [0.15, 0.2) is 123 Å². The highest BCUT2D eigenvalue weighted by Gasteiger charge is 2.39. The summed E-state index contributed by atoms with van der Waals surface area (Å²) >= 11 is 6.34. The zero-order valence-electron chi connectivity index (χ0n) is 82.9. The molecule has 12 aromatic heterocycles. The highest BCUT2D eigenvalue weighted by atomic mass is 35.5. The summed E-state index contributed by atoms with van der Waals surface area (Å²) in [5.74, 6) is 4.17. The number of aromatic nitrogens is 9. The van der Waals surface area contributed by atoms with Gasteiger partial charge in [0.1, 0.15) is 104 Å². The molecule has 43 heteroatoms. The van der Waals surface area contributed by atoms with Crippen LogP contribution in [-0.4, -0.2) is 273 Å². The summed E-state index contributed by atoms with van der Waals surface area (Å²) < 4.78 is 103. The molecule has 12 aromatic rings. The Labute approximate surface area is 837 Å². The maximum atomic E-state index is 13.3. The fraction of sp³-hybridized carbons (Fsp3) is 0.424. The zero-order valence-corrected chi connectivity index (χ0v) is 86.5. The Morgan fingerprint density at radius 2 is 0.761 bits per heavy atom. The predicted octanol–water partition coefficient (Wildman–Crippen LogP) is 16.4. The number of hydrogen-bond acceptors (Lipinski definition) is 35. The molecule has 15 heterocycles. The molecule has 0 unspecified atom stereocenters. The number of aliphatic hydroxyl groups is 1. The summed E-state index contributed by atoms with van der Waals surface area (Å²) in [6, 6.07) is 26.4. The molecular weight excluding hydrogens is 1910 g/mol. The van der Waals surface area contributed by atoms with E-state index in [0.717, 1.165) is 38.5 Å². The molecule has 0 atom stereocenters. The summed E-state index contributed by atoms with van der Waals surface area (Å²) in [5.41, 5.74) is 7.39. The zero-order chi connectivity index (χ0) is 102. The number of fused-ring (bicyclic) bond motifs is 3. The summed E-state index contributed by atoms with van der Waals surface area (Å²) in [4.78, 5) is 83.5. The van der Waals surface area contributed by atoms with Crippen molar-refractivity contribution >= 4 is 99.3 Å². The SMILES string of the molecule is COc1cc(C(=O)N(C)CCO)cnc1-c1cc2ncc(OC)c(-c3ccc(OC4CCOCC4)c(C#N)n3)c2o1.COc1cc(C(=O)N(C)CCO[Si](C)(C)C(C)(C)C)cnc1-c1cc2ncc(OC)c(-c3ccc(OC4CCOCC4)c(C#N)n3)c2o1.COc1cc(C(=O)N(C)CCO[Si](C)(C)C(C)(C)C)cnc1-c1cc2ncc(OC)c(Cl)c2o1.Cl.N#Cc1nc(O[B]O)ccc1OC1CCOCC1. The molecule has 0 bridgehead atoms. The van der Waals surface area contributed by atoms with Gasteiger partial charge in [0.25, 0.3) is 17.7 Å². The van der Waals surface area contributed by atoms with E-state index in [-0.39, 0.29) is 94.6 Å². The van der Waals surface area contributed by atoms with E-state index in [1.165, 1.54) is 78.4 Å². The van der Waals surface area contributed by atoms with Gasteiger partial charge in [-0.05, 0) is 84.8 Å². The summed E-state index contributed by atoms with van der Waals surface area (Å²) in [6.07, 6.45) is 13.6. The number of hydrogen-bond donors (Lipinski definition) is 2. The lowest BCUT2D eigenvalue weighted by Crippen LogP contribution is -2.43. The number of halogens is 2. The van der Waals surface area contributed by atoms with E-state index >= 15 is 0 Å². The fourth-order valence-corrected chi connectivity index (χ4v) is 16.8. The average Bonchev–Trinajstić information content (AvgIpc) is 1.63. The van der Waals surface area contributed by atoms with E-state index in [1.54, 1.807) is 110 Å². The Hall–Kier alpha value is -13.4. The highest BCUT2D eigenvalue weighted by Crippen LogP contribution is 2.46. The summed E-state index contributed by atoms with van der Waals surface area (Å²) in [6.45, 7) is 27.6. The number of carbonyl (C=O) groups is 3. The van der Waals surface area contributed by atoms with Crippen molar-refractivity contribution in [2.45, 2.75) is 135 Å². The van der Waals surface area contributed by atoms with Gasteiger partial charge in [0, 0.05) is 122 Å². The van der Waals surface area contributed by atoms with E-state index in [4.69, 9.17) is 106 Å². The van der Waals surface area contributed by atoms with Crippen molar-refractivity contribution in [3.8, 4) is 133 Å². The average molecular weight is 2020 g/mol. The van der Waals surface area contributed by atoms with Gasteiger partial charge >= 0.3 is 7.69 Å². The quantitative estimate of drug-likeness (QED) is 0.0370. The maximum absolute atomic E-state index is 13.3. The number of methoxy groups -OCH3 is 6. The number of aliphatic hydroxyl groups excluding tert-OH is 1. The van der Waals surface area contributed by atoms with Crippen molar-refractivity contribution in [2.75, 3.05) is 143 Å². The van der Waals surface area contributed by atoms with Crippen LogP contribution < -0.4 is 47.3 Å². The second kappa shape index (κ2) is 49.4. The van der Waals surface area contributed by atoms with Crippen LogP contribution in [-0.2, 0) is 23.1 Å². The molecule has 2 N–H and O–H groups in total. The maximum Gasteiger partial charge on any atom is 0.570 e. The van der Waals surface area contributed by atoms with Crippen LogP contribution in [0.2, 0.25) is 41.3 Å². The van der Waals surface area contributed by atoms with Crippen molar-refractivity contribution in [1.82, 2.24) is 59.6 Å². The first-order valence-electron chi connectivity index (χ1n) is 45.5. The van der Waals surface area contributed by atoms with E-state index in [0.29, 0.717) is 237 Å². The largest absolute Gasteiger partial charge is 0.570 e. The van der Waals surface area contributed by atoms with Crippen LogP contribution >= 0.6 is 24.0 Å². The third-order valence-corrected chi connectivity index (χ3v) is 34.0. The smallest absolute Gasteiger partial charge is 0.523 e. The minimum Gasteiger partial charge on any atom is -0.523 e. The minimum absolute atomic E-state index is 0. The standard InChI is InChI=1S/C35H43N5O7Si.C29H29N5O7.C24H32ClN3O5Si.C11H12BN2O4.ClH/c1-35(2,3)48(7,8)45-16-13-40(4)34(41)22-17-28(42-5)32(38-20-22)29-18-25-33(47-29)31(30(43-6)21-37-25)24-9-10-27(26(19-36)39-24)46-23-11-14-44-15-12-23;1-34(8-9-35)29(36)17-12-23(37-2)27(32-15-17)24-13-20-28(41-24)26(25(38-3)16-31-20)19-4-5-22(21(14-30)33-19)40-18-6-10-39-11-7-18;1-24(2,3)34(7,8)32-10-9-28(4)23(29)15-11-17(30-5)21(27-13-15)18-12-16-22(33-18)20(25)19(31-6)14-26-16;13-7-9-10(1-2-11(14-9)18-12-15)17-8-3-5-16-6-4-8;/h9-10,17-18,20-21,23H,11-16H2,1-8H3;4-5,12-13,15-16,18,35H,6-11H2,1-3H3;11-14H,9-10H2,1-8H3;1-2,8,15H,3-6H2;1H. The Morgan fingerprint density at radius 1 is 0.444 bits per heavy atom. The van der Waals surface area contributed by atoms with Crippen LogP contribution in [0.1, 0.15) is 128 Å². The minimum atomic E-state index is -1.93. The van der Waals surface area contributed by atoms with Crippen LogP contribution in [0.5, 0.6) is 57.6 Å². The van der Waals surface area contributed by atoms with E-state index in [9.17, 15) is 24.9 Å². The molecule has 0 aromatic carbocycles. The Kier molecular flexibility index (Phi) is 37.9. The molecule has 0 saturated carbocycles. The second-order valence-electron chi connectivity index (χ2n) is 35.9. The van der Waals surface area contributed by atoms with Gasteiger partial charge in [0.05, 0.1) is 160 Å². The molecule has 751 valence electrons. The number of furan rings is 3. The lowest BCUT2D eigenvalue weighted by molar-refractivity contribution is 0.0250. The number of rotatable bonds is 32. The molecule has 3 fully saturated rings. The van der Waals surface area contributed by atoms with Gasteiger partial charge in [-0.1, -0.05) is 53.1 Å². The van der Waals surface area contributed by atoms with Crippen molar-refractivity contribution in [3.63, 3.8) is 0 Å². The normalized spacial score (nSPS) is 13.6. The van der Waals surface area contributed by atoms with Gasteiger partial charge in [-0.25, -0.2) is 44.9 Å². The van der Waals surface area contributed by atoms with Crippen LogP contribution in [0.25, 0.3) is 90.2 Å². The number of nitriles is 3. The highest BCUT2D eigenvalue weighted by molar-refractivity contribution is 6.74. The van der Waals surface area contributed by atoms with Gasteiger partial charge in [-0.2, -0.15) is 15.8 Å². The first kappa shape index (κ1) is 109. The number of ether oxygens (including phenoxy) is 12. The Morgan fingerprint density at radius 3 is 1.08 bits per heavy atom. The van der Waals surface area contributed by atoms with E-state index in [1.807, 2.05) is 6.07 Å². The topological polar surface area (TPSA) is 467 Å². The molecule has 38 nitrogen and oxygen atoms in total. The number of nitrogens with zero attached hydrogens (tertiary/aromatic N) is 15. The molecule has 1 radical (unpaired) electrons. The Balaban J connectivity index is 0.000000188. The third-order valence-electron chi connectivity index (χ3n) is 24.6. The number of pyridine rings is 9. The van der Waals surface area contributed by atoms with Crippen molar-refractivity contribution in [2.24, 2.45) is 0 Å². The first-order chi connectivity index (χ1) is 67.5. The molecule has 142 heavy (non-hydrogen) atoms. The second-order valence-corrected chi connectivity index (χ2v) is 45.9.